The van der Waals surface area contributed by atoms with Crippen LogP contribution in [0.4, 0.5) is 10.5 Å². The van der Waals surface area contributed by atoms with E-state index in [-0.39, 0.29) is 18.1 Å². The van der Waals surface area contributed by atoms with Gasteiger partial charge in [-0.3, -0.25) is 4.98 Å². The third kappa shape index (κ3) is 2.56. The summed E-state index contributed by atoms with van der Waals surface area (Å²) in [5.74, 6) is 0. The molecule has 2 bridgehead atoms. The maximum absolute atomic E-state index is 12.8. The predicted molar refractivity (Wildman–Crippen MR) is 91.0 cm³/mol. The first-order valence-corrected chi connectivity index (χ1v) is 8.37. The van der Waals surface area contributed by atoms with Gasteiger partial charge in [-0.15, -0.1) is 0 Å². The maximum atomic E-state index is 12.8. The van der Waals surface area contributed by atoms with Crippen LogP contribution in [-0.4, -0.2) is 22.0 Å². The number of nitrogens with zero attached hydrogens (tertiary/aromatic N) is 2. The van der Waals surface area contributed by atoms with Gasteiger partial charge in [0, 0.05) is 30.0 Å². The van der Waals surface area contributed by atoms with Gasteiger partial charge in [-0.2, -0.15) is 0 Å². The van der Waals surface area contributed by atoms with E-state index in [1.54, 1.807) is 18.2 Å². The van der Waals surface area contributed by atoms with Gasteiger partial charge in [0.05, 0.1) is 16.1 Å². The van der Waals surface area contributed by atoms with Crippen molar-refractivity contribution in [3.8, 4) is 0 Å². The smallest absolute Gasteiger partial charge is 0.314 e. The number of halogens is 2. The van der Waals surface area contributed by atoms with Crippen LogP contribution in [0, 0.1) is 0 Å². The number of carbonyl (C=O) groups excluding carboxylic acids is 1. The highest BCUT2D eigenvalue weighted by atomic mass is 35.5. The van der Waals surface area contributed by atoms with Gasteiger partial charge in [-0.25, -0.2) is 4.79 Å². The SMILES string of the molecule is O=C(Nc1ccc(Cl)c(Cl)c1)N1C2CCC1c1cccnc1C2. The Morgan fingerprint density at radius 2 is 2.09 bits per heavy atom. The number of rotatable bonds is 1. The molecule has 2 atom stereocenters. The summed E-state index contributed by atoms with van der Waals surface area (Å²) in [5, 5.41) is 3.84. The fraction of sp³-hybridized carbons (Fsp3) is 0.294. The lowest BCUT2D eigenvalue weighted by Gasteiger charge is -2.35. The van der Waals surface area contributed by atoms with Gasteiger partial charge >= 0.3 is 6.03 Å². The normalized spacial score (nSPS) is 21.9. The van der Waals surface area contributed by atoms with Crippen molar-refractivity contribution in [2.24, 2.45) is 0 Å². The molecule has 118 valence electrons. The van der Waals surface area contributed by atoms with E-state index in [0.29, 0.717) is 15.7 Å². The van der Waals surface area contributed by atoms with Gasteiger partial charge in [-0.1, -0.05) is 29.3 Å². The van der Waals surface area contributed by atoms with Gasteiger partial charge in [0.15, 0.2) is 0 Å². The standard InChI is InChI=1S/C17H15Cl2N3O/c18-13-5-3-10(8-14(13)19)21-17(23)22-11-4-6-16(22)12-2-1-7-20-15(12)9-11/h1-3,5,7-8,11,16H,4,6,9H2,(H,21,23). The molecule has 1 saturated heterocycles. The molecule has 2 aliphatic rings. The molecule has 1 N–H and O–H groups in total. The van der Waals surface area contributed by atoms with Gasteiger partial charge in [-0.05, 0) is 42.7 Å². The fourth-order valence-electron chi connectivity index (χ4n) is 3.61. The number of urea groups is 1. The number of pyridine rings is 1. The summed E-state index contributed by atoms with van der Waals surface area (Å²) in [6.07, 6.45) is 4.64. The largest absolute Gasteiger partial charge is 0.322 e. The molecule has 2 aliphatic heterocycles. The number of amides is 2. The van der Waals surface area contributed by atoms with E-state index in [9.17, 15) is 4.79 Å². The number of fused-ring (bicyclic) bond motifs is 4. The van der Waals surface area contributed by atoms with Crippen molar-refractivity contribution < 1.29 is 4.79 Å². The Morgan fingerprint density at radius 3 is 2.91 bits per heavy atom. The molecule has 1 aromatic carbocycles. The molecule has 23 heavy (non-hydrogen) atoms. The van der Waals surface area contributed by atoms with Crippen molar-refractivity contribution in [1.29, 1.82) is 0 Å². The first-order chi connectivity index (χ1) is 11.1. The van der Waals surface area contributed by atoms with Gasteiger partial charge in [0.2, 0.25) is 0 Å². The third-order valence-corrected chi connectivity index (χ3v) is 5.36. The Morgan fingerprint density at radius 1 is 1.22 bits per heavy atom. The topological polar surface area (TPSA) is 45.2 Å². The first-order valence-electron chi connectivity index (χ1n) is 7.61. The summed E-state index contributed by atoms with van der Waals surface area (Å²) >= 11 is 11.9. The van der Waals surface area contributed by atoms with Crippen LogP contribution in [0.1, 0.15) is 30.1 Å². The Labute approximate surface area is 144 Å². The molecular weight excluding hydrogens is 333 g/mol. The highest BCUT2D eigenvalue weighted by molar-refractivity contribution is 6.42. The molecule has 0 radical (unpaired) electrons. The minimum Gasteiger partial charge on any atom is -0.314 e. The van der Waals surface area contributed by atoms with Crippen molar-refractivity contribution >= 4 is 34.9 Å². The fourth-order valence-corrected chi connectivity index (χ4v) is 3.90. The van der Waals surface area contributed by atoms with Gasteiger partial charge in [0.25, 0.3) is 0 Å². The van der Waals surface area contributed by atoms with Crippen molar-refractivity contribution in [3.63, 3.8) is 0 Å². The molecule has 1 fully saturated rings. The number of aromatic nitrogens is 1. The Hall–Kier alpha value is -1.78. The van der Waals surface area contributed by atoms with Crippen LogP contribution in [0.5, 0.6) is 0 Å². The number of anilines is 1. The Balaban J connectivity index is 1.59. The molecule has 0 spiro atoms. The van der Waals surface area contributed by atoms with Gasteiger partial charge in [0.1, 0.15) is 0 Å². The number of benzene rings is 1. The highest BCUT2D eigenvalue weighted by Crippen LogP contribution is 2.43. The summed E-state index contributed by atoms with van der Waals surface area (Å²) in [4.78, 5) is 19.2. The molecule has 0 saturated carbocycles. The molecule has 2 aromatic rings. The van der Waals surface area contributed by atoms with Gasteiger partial charge < -0.3 is 10.2 Å². The summed E-state index contributed by atoms with van der Waals surface area (Å²) in [7, 11) is 0. The molecule has 4 nitrogen and oxygen atoms in total. The minimum atomic E-state index is -0.0922. The molecule has 0 aliphatic carbocycles. The summed E-state index contributed by atoms with van der Waals surface area (Å²) < 4.78 is 0. The van der Waals surface area contributed by atoms with Crippen molar-refractivity contribution in [2.45, 2.75) is 31.3 Å². The second-order valence-electron chi connectivity index (χ2n) is 5.96. The van der Waals surface area contributed by atoms with E-state index in [4.69, 9.17) is 23.2 Å². The molecule has 2 unspecified atom stereocenters. The van der Waals surface area contributed by atoms with E-state index in [1.165, 1.54) is 5.56 Å². The number of hydrogen-bond acceptors (Lipinski definition) is 2. The Kier molecular flexibility index (Phi) is 3.66. The Bertz CT molecular complexity index is 780. The molecule has 3 heterocycles. The first kappa shape index (κ1) is 14.8. The molecule has 4 rings (SSSR count). The number of nitrogens with one attached hydrogen (secondary N) is 1. The molecular formula is C17H15Cl2N3O. The van der Waals surface area contributed by atoms with E-state index in [0.717, 1.165) is 25.0 Å². The number of hydrogen-bond donors (Lipinski definition) is 1. The average Bonchev–Trinajstić information content (AvgIpc) is 2.86. The van der Waals surface area contributed by atoms with Crippen molar-refractivity contribution in [2.75, 3.05) is 5.32 Å². The van der Waals surface area contributed by atoms with Crippen LogP contribution in [0.2, 0.25) is 10.0 Å². The van der Waals surface area contributed by atoms with Crippen molar-refractivity contribution in [1.82, 2.24) is 9.88 Å². The van der Waals surface area contributed by atoms with E-state index in [1.807, 2.05) is 17.2 Å². The zero-order valence-electron chi connectivity index (χ0n) is 12.3. The van der Waals surface area contributed by atoms with Crippen LogP contribution in [0.15, 0.2) is 36.5 Å². The minimum absolute atomic E-state index is 0.0922. The quantitative estimate of drug-likeness (QED) is 0.813. The van der Waals surface area contributed by atoms with Crippen LogP contribution >= 0.6 is 23.2 Å². The maximum Gasteiger partial charge on any atom is 0.322 e. The van der Waals surface area contributed by atoms with E-state index >= 15 is 0 Å². The summed E-state index contributed by atoms with van der Waals surface area (Å²) in [5.41, 5.74) is 2.95. The van der Waals surface area contributed by atoms with E-state index in [2.05, 4.69) is 16.4 Å². The third-order valence-electron chi connectivity index (χ3n) is 4.62. The highest BCUT2D eigenvalue weighted by Gasteiger charge is 2.43. The molecule has 2 amide bonds. The van der Waals surface area contributed by atoms with Crippen LogP contribution < -0.4 is 5.32 Å². The van der Waals surface area contributed by atoms with E-state index < -0.39 is 0 Å². The zero-order chi connectivity index (χ0) is 16.0. The molecule has 1 aromatic heterocycles. The lowest BCUT2D eigenvalue weighted by molar-refractivity contribution is 0.178. The number of carbonyl (C=O) groups is 1. The zero-order valence-corrected chi connectivity index (χ0v) is 13.8. The molecule has 6 heteroatoms. The second kappa shape index (κ2) is 5.69. The van der Waals surface area contributed by atoms with Crippen LogP contribution in [0.25, 0.3) is 0 Å². The van der Waals surface area contributed by atoms with Crippen LogP contribution in [-0.2, 0) is 6.42 Å². The summed E-state index contributed by atoms with van der Waals surface area (Å²) in [6.45, 7) is 0. The predicted octanol–water partition coefficient (Wildman–Crippen LogP) is 4.68. The monoisotopic (exact) mass is 347 g/mol. The lowest BCUT2D eigenvalue weighted by atomic mass is 9.98. The lowest BCUT2D eigenvalue weighted by Crippen LogP contribution is -2.44. The summed E-state index contributed by atoms with van der Waals surface area (Å²) in [6, 6.07) is 9.36. The second-order valence-corrected chi connectivity index (χ2v) is 6.77. The van der Waals surface area contributed by atoms with Crippen molar-refractivity contribution in [3.05, 3.63) is 57.8 Å². The average molecular weight is 348 g/mol. The van der Waals surface area contributed by atoms with Crippen LogP contribution in [0.3, 0.4) is 0 Å².